The fourth-order valence-electron chi connectivity index (χ4n) is 5.93. The molecule has 0 saturated heterocycles. The largest absolute Gasteiger partial charge is 2.00 e. The summed E-state index contributed by atoms with van der Waals surface area (Å²) in [6.07, 6.45) is 9.09. The van der Waals surface area contributed by atoms with Crippen molar-refractivity contribution in [1.82, 2.24) is 0 Å². The van der Waals surface area contributed by atoms with E-state index in [1.807, 2.05) is 91.0 Å². The van der Waals surface area contributed by atoms with Crippen molar-refractivity contribution in [2.24, 2.45) is 0 Å². The Morgan fingerprint density at radius 2 is 0.600 bits per heavy atom. The van der Waals surface area contributed by atoms with Gasteiger partial charge in [0.05, 0.1) is 0 Å². The summed E-state index contributed by atoms with van der Waals surface area (Å²) in [6.45, 7) is 27.7. The van der Waals surface area contributed by atoms with E-state index in [2.05, 4.69) is 173 Å². The first kappa shape index (κ1) is 111. The Bertz CT molecular complexity index is 1720. The molecule has 0 aliphatic heterocycles. The van der Waals surface area contributed by atoms with E-state index in [1.54, 1.807) is 6.92 Å². The van der Waals surface area contributed by atoms with E-state index in [1.165, 1.54) is 66.3 Å². The Labute approximate surface area is 576 Å². The average Bonchev–Trinajstić information content (AvgIpc) is 3.35. The van der Waals surface area contributed by atoms with Crippen LogP contribution in [0.4, 0.5) is 0 Å². The van der Waals surface area contributed by atoms with Crippen LogP contribution in [0.2, 0.25) is 0 Å². The first-order chi connectivity index (χ1) is 30.1. The predicted molar refractivity (Wildman–Crippen MR) is 306 cm³/mol. The number of hydrogen-bond acceptors (Lipinski definition) is 1. The minimum Gasteiger partial charge on any atom is -0.412 e. The summed E-state index contributed by atoms with van der Waals surface area (Å²) in [7, 11) is 0. The second-order valence-electron chi connectivity index (χ2n) is 15.4. The number of aliphatic hydroxyl groups excluding tert-OH is 1. The summed E-state index contributed by atoms with van der Waals surface area (Å²) in [4.78, 5) is 0. The molecule has 6 aromatic rings. The maximum Gasteiger partial charge on any atom is 2.00 e. The van der Waals surface area contributed by atoms with E-state index in [0.717, 1.165) is 5.56 Å². The molecule has 6 rings (SSSR count). The maximum atomic E-state index is 7.57. The SMILES string of the molecule is C.C.C=Cc1cc[c-]cc1.CCC.CCC(C)c1cc[c-]cc1.CCC(C)c1cc[c-]cc1.CCC(C)c1cc[c-]cc1.CCC(CC(C)c1cc[c-]cc1)c1cc[c-]cc1.CCO.O.O.[CH3-].[CH3-].[W+2].[W+2].[W].[W].[W].[W].[Y]. The van der Waals surface area contributed by atoms with E-state index in [4.69, 9.17) is 5.11 Å². The summed E-state index contributed by atoms with van der Waals surface area (Å²) < 4.78 is 0. The van der Waals surface area contributed by atoms with Crippen LogP contribution in [-0.4, -0.2) is 22.7 Å². The topological polar surface area (TPSA) is 83.2 Å². The molecule has 0 fully saturated rings. The summed E-state index contributed by atoms with van der Waals surface area (Å²) in [5.74, 6) is 3.30. The van der Waals surface area contributed by atoms with Crippen LogP contribution in [0.15, 0.2) is 152 Å². The Hall–Kier alpha value is 0.174. The van der Waals surface area contributed by atoms with Crippen molar-refractivity contribution in [2.75, 3.05) is 6.61 Å². The van der Waals surface area contributed by atoms with Gasteiger partial charge in [-0.1, -0.05) is 122 Å². The smallest absolute Gasteiger partial charge is 0.412 e. The summed E-state index contributed by atoms with van der Waals surface area (Å²) in [5.41, 5.74) is 8.24. The molecule has 75 heavy (non-hydrogen) atoms. The molecule has 0 aliphatic carbocycles. The Morgan fingerprint density at radius 1 is 0.413 bits per heavy atom. The van der Waals surface area contributed by atoms with Crippen LogP contribution in [-0.2, 0) is 159 Å². The molecule has 0 bridgehead atoms. The van der Waals surface area contributed by atoms with Crippen LogP contribution in [0, 0.1) is 51.3 Å². The number of rotatable bonds is 12. The van der Waals surface area contributed by atoms with E-state index >= 15 is 0 Å². The Kier molecular flexibility index (Phi) is 116. The monoisotopic (exact) mass is 2120 g/mol. The van der Waals surface area contributed by atoms with Gasteiger partial charge < -0.3 is 30.9 Å². The zero-order valence-electron chi connectivity index (χ0n) is 46.5. The van der Waals surface area contributed by atoms with Gasteiger partial charge >= 0.3 is 42.1 Å². The number of benzene rings is 6. The minimum atomic E-state index is 0. The average molecular weight is 2120 g/mol. The molecule has 0 heterocycles. The molecule has 3 nitrogen and oxygen atoms in total. The van der Waals surface area contributed by atoms with Crippen molar-refractivity contribution in [1.29, 1.82) is 0 Å². The van der Waals surface area contributed by atoms with Gasteiger partial charge in [0.2, 0.25) is 0 Å². The van der Waals surface area contributed by atoms with Gasteiger partial charge in [-0.2, -0.15) is 210 Å². The molecule has 5 N–H and O–H groups in total. The van der Waals surface area contributed by atoms with Crippen LogP contribution < -0.4 is 0 Å². The standard InChI is InChI=1S/C18H20.3C10H13.C8H7.C3H8.C2H6O.2CH4.2CH3.2H2O.6W.Y/c1-3-16(18-12-8-5-9-13-18)14-15(2)17-10-6-4-7-11-17;3*1-3-9(2)10-7-5-4-6-8-10;1-2-8-6-4-3-5-7-8;1-3-2;1-2-3;;;;;;;;;;;;;/h6-13,15-16H,3,14H2,1-2H3;3*5-9H,3H2,1-2H3;2,4-7H,1H2;3H2,1-2H3;3H,2H2,1H3;2*1H4;2*1H3;2*1H2;;;;;;;/q-2;4*-1;;;;;2*-1;;;;;;;2*+2;. The fraction of sp³-hybridized carbons (Fsp3) is 0.385. The molecule has 10 heteroatoms. The van der Waals surface area contributed by atoms with Gasteiger partial charge in [0.15, 0.2) is 0 Å². The molecule has 5 atom stereocenters. The molecular formula is C65H98O3W6Y-4. The normalized spacial score (nSPS) is 9.97. The molecule has 419 valence electrons. The van der Waals surface area contributed by atoms with Gasteiger partial charge in [0.1, 0.15) is 0 Å². The first-order valence-corrected chi connectivity index (χ1v) is 23.1. The van der Waals surface area contributed by atoms with E-state index in [0.29, 0.717) is 29.6 Å². The fourth-order valence-corrected chi connectivity index (χ4v) is 5.93. The summed E-state index contributed by atoms with van der Waals surface area (Å²) >= 11 is 0. The van der Waals surface area contributed by atoms with Gasteiger partial charge in [-0.3, -0.25) is 0 Å². The number of hydrogen-bond donors (Lipinski definition) is 1. The van der Waals surface area contributed by atoms with Crippen LogP contribution in [0.5, 0.6) is 0 Å². The molecule has 0 saturated carbocycles. The quantitative estimate of drug-likeness (QED) is 0.122. The van der Waals surface area contributed by atoms with Crippen molar-refractivity contribution in [2.45, 2.75) is 159 Å². The Balaban J connectivity index is -0.0000000493. The second kappa shape index (κ2) is 78.4. The van der Waals surface area contributed by atoms with E-state index < -0.39 is 0 Å². The minimum absolute atomic E-state index is 0. The summed E-state index contributed by atoms with van der Waals surface area (Å²) in [6, 6.07) is 67.2. The third kappa shape index (κ3) is 57.2. The molecule has 0 amide bonds. The van der Waals surface area contributed by atoms with Crippen LogP contribution in [0.1, 0.15) is 193 Å². The van der Waals surface area contributed by atoms with Crippen molar-refractivity contribution in [3.8, 4) is 0 Å². The van der Waals surface area contributed by atoms with Crippen molar-refractivity contribution in [3.05, 3.63) is 237 Å². The molecule has 1 radical (unpaired) electrons. The maximum absolute atomic E-state index is 7.57. The molecular weight excluding hydrogens is 2020 g/mol. The third-order valence-corrected chi connectivity index (χ3v) is 10.4. The van der Waals surface area contributed by atoms with Gasteiger partial charge in [0.25, 0.3) is 0 Å². The molecule has 6 aromatic carbocycles. The van der Waals surface area contributed by atoms with Crippen molar-refractivity contribution in [3.63, 3.8) is 0 Å². The zero-order chi connectivity index (χ0) is 46.2. The summed E-state index contributed by atoms with van der Waals surface area (Å²) in [5, 5.41) is 7.57. The molecule has 0 spiro atoms. The molecule has 5 unspecified atom stereocenters. The van der Waals surface area contributed by atoms with Gasteiger partial charge in [-0.05, 0) is 42.9 Å². The van der Waals surface area contributed by atoms with Gasteiger partial charge in [-0.25, -0.2) is 0 Å². The van der Waals surface area contributed by atoms with Crippen LogP contribution >= 0.6 is 0 Å². The third-order valence-electron chi connectivity index (χ3n) is 10.4. The van der Waals surface area contributed by atoms with Gasteiger partial charge in [0, 0.05) is 124 Å². The second-order valence-corrected chi connectivity index (χ2v) is 15.4. The molecule has 0 aromatic heterocycles. The van der Waals surface area contributed by atoms with Crippen LogP contribution in [0.3, 0.4) is 0 Å². The van der Waals surface area contributed by atoms with Gasteiger partial charge in [-0.15, -0.1) is 12.1 Å². The van der Waals surface area contributed by atoms with E-state index in [-0.39, 0.29) is 206 Å². The van der Waals surface area contributed by atoms with Crippen molar-refractivity contribution < 1.29 is 175 Å². The first-order valence-electron chi connectivity index (χ1n) is 23.1. The zero-order valence-corrected chi connectivity index (χ0v) is 66.9. The number of aliphatic hydroxyl groups is 1. The Morgan fingerprint density at radius 3 is 0.773 bits per heavy atom. The molecule has 0 aliphatic rings. The predicted octanol–water partition coefficient (Wildman–Crippen LogP) is 18.0. The van der Waals surface area contributed by atoms with E-state index in [9.17, 15) is 0 Å². The van der Waals surface area contributed by atoms with Crippen LogP contribution in [0.25, 0.3) is 6.08 Å². The van der Waals surface area contributed by atoms with Crippen molar-refractivity contribution >= 4 is 6.08 Å².